The average Bonchev–Trinajstić information content (AvgIpc) is 3.59. The van der Waals surface area contributed by atoms with Gasteiger partial charge in [-0.15, -0.1) is 0 Å². The van der Waals surface area contributed by atoms with Crippen LogP contribution in [0, 0.1) is 11.7 Å². The standard InChI is InChI=1S/C21H24FN5O2/c1-26(17-7-9-27(10-8-17)20(28)14-5-6-14)21(29)25-19-13-23-18(12-24-19)15-3-2-4-16(22)11-15/h2-4,11-14,17H,5-10H2,1H3,(H,24,25,29). The summed E-state index contributed by atoms with van der Waals surface area (Å²) < 4.78 is 13.3. The Morgan fingerprint density at radius 1 is 1.14 bits per heavy atom. The Morgan fingerprint density at radius 2 is 1.90 bits per heavy atom. The van der Waals surface area contributed by atoms with Crippen LogP contribution in [0.25, 0.3) is 11.3 Å². The molecule has 0 atom stereocenters. The number of piperidine rings is 1. The Bertz CT molecular complexity index is 892. The number of carbonyl (C=O) groups is 2. The fraction of sp³-hybridized carbons (Fsp3) is 0.429. The Hall–Kier alpha value is -3.03. The van der Waals surface area contributed by atoms with Crippen LogP contribution in [0.5, 0.6) is 0 Å². The van der Waals surface area contributed by atoms with Gasteiger partial charge in [-0.2, -0.15) is 0 Å². The lowest BCUT2D eigenvalue weighted by atomic mass is 10.0. The first-order valence-corrected chi connectivity index (χ1v) is 9.92. The summed E-state index contributed by atoms with van der Waals surface area (Å²) in [6.07, 6.45) is 6.54. The van der Waals surface area contributed by atoms with E-state index in [0.29, 0.717) is 30.2 Å². The van der Waals surface area contributed by atoms with Crippen LogP contribution in [-0.2, 0) is 4.79 Å². The van der Waals surface area contributed by atoms with Gasteiger partial charge in [-0.05, 0) is 37.8 Å². The molecule has 4 rings (SSSR count). The highest BCUT2D eigenvalue weighted by Gasteiger charge is 2.35. The summed E-state index contributed by atoms with van der Waals surface area (Å²) in [6, 6.07) is 5.94. The molecular formula is C21H24FN5O2. The topological polar surface area (TPSA) is 78.4 Å². The first-order chi connectivity index (χ1) is 14.0. The molecule has 152 valence electrons. The van der Waals surface area contributed by atoms with Crippen LogP contribution in [0.15, 0.2) is 36.7 Å². The molecule has 1 N–H and O–H groups in total. The third-order valence-corrected chi connectivity index (χ3v) is 5.58. The largest absolute Gasteiger partial charge is 0.342 e. The third-order valence-electron chi connectivity index (χ3n) is 5.58. The van der Waals surface area contributed by atoms with Gasteiger partial charge in [0.1, 0.15) is 5.82 Å². The second-order valence-corrected chi connectivity index (χ2v) is 7.67. The molecule has 0 radical (unpaired) electrons. The maximum atomic E-state index is 13.3. The van der Waals surface area contributed by atoms with Crippen LogP contribution in [0.1, 0.15) is 25.7 Å². The van der Waals surface area contributed by atoms with Crippen molar-refractivity contribution in [2.24, 2.45) is 5.92 Å². The molecule has 0 unspecified atom stereocenters. The van der Waals surface area contributed by atoms with Crippen molar-refractivity contribution in [1.82, 2.24) is 19.8 Å². The molecule has 1 aliphatic carbocycles. The molecule has 2 heterocycles. The van der Waals surface area contributed by atoms with Crippen molar-refractivity contribution in [3.05, 3.63) is 42.5 Å². The number of hydrogen-bond acceptors (Lipinski definition) is 4. The zero-order valence-electron chi connectivity index (χ0n) is 16.3. The Labute approximate surface area is 168 Å². The molecule has 0 spiro atoms. The van der Waals surface area contributed by atoms with E-state index < -0.39 is 0 Å². The molecule has 1 saturated carbocycles. The van der Waals surface area contributed by atoms with Crippen molar-refractivity contribution >= 4 is 17.8 Å². The highest BCUT2D eigenvalue weighted by atomic mass is 19.1. The molecule has 8 heteroatoms. The van der Waals surface area contributed by atoms with Gasteiger partial charge in [0.05, 0.1) is 18.1 Å². The second-order valence-electron chi connectivity index (χ2n) is 7.67. The Balaban J connectivity index is 1.31. The van der Waals surface area contributed by atoms with Crippen molar-refractivity contribution in [1.29, 1.82) is 0 Å². The monoisotopic (exact) mass is 397 g/mol. The van der Waals surface area contributed by atoms with Crippen LogP contribution in [-0.4, -0.2) is 57.9 Å². The fourth-order valence-corrected chi connectivity index (χ4v) is 3.62. The van der Waals surface area contributed by atoms with Crippen molar-refractivity contribution in [2.45, 2.75) is 31.7 Å². The summed E-state index contributed by atoms with van der Waals surface area (Å²) in [5.41, 5.74) is 1.16. The molecule has 1 aromatic heterocycles. The van der Waals surface area contributed by atoms with Crippen molar-refractivity contribution in [3.8, 4) is 11.3 Å². The summed E-state index contributed by atoms with van der Waals surface area (Å²) in [6.45, 7) is 1.39. The lowest BCUT2D eigenvalue weighted by Gasteiger charge is -2.36. The lowest BCUT2D eigenvalue weighted by molar-refractivity contribution is -0.133. The SMILES string of the molecule is CN(C(=O)Nc1cnc(-c2cccc(F)c2)cn1)C1CCN(C(=O)C2CC2)CC1. The Morgan fingerprint density at radius 3 is 2.52 bits per heavy atom. The predicted octanol–water partition coefficient (Wildman–Crippen LogP) is 3.15. The van der Waals surface area contributed by atoms with Gasteiger partial charge in [0.25, 0.3) is 0 Å². The number of hydrogen-bond donors (Lipinski definition) is 1. The summed E-state index contributed by atoms with van der Waals surface area (Å²) in [4.78, 5) is 36.8. The molecule has 7 nitrogen and oxygen atoms in total. The fourth-order valence-electron chi connectivity index (χ4n) is 3.62. The van der Waals surface area contributed by atoms with Crippen molar-refractivity contribution in [3.63, 3.8) is 0 Å². The smallest absolute Gasteiger partial charge is 0.323 e. The molecule has 2 fully saturated rings. The van der Waals surface area contributed by atoms with E-state index in [1.165, 1.54) is 24.5 Å². The van der Waals surface area contributed by atoms with Gasteiger partial charge in [0.2, 0.25) is 5.91 Å². The van der Waals surface area contributed by atoms with Crippen molar-refractivity contribution in [2.75, 3.05) is 25.5 Å². The minimum atomic E-state index is -0.340. The number of nitrogens with one attached hydrogen (secondary N) is 1. The second kappa shape index (κ2) is 8.14. The van der Waals surface area contributed by atoms with Crippen LogP contribution in [0.3, 0.4) is 0 Å². The summed E-state index contributed by atoms with van der Waals surface area (Å²) >= 11 is 0. The molecule has 29 heavy (non-hydrogen) atoms. The van der Waals surface area contributed by atoms with E-state index in [4.69, 9.17) is 0 Å². The van der Waals surface area contributed by atoms with E-state index in [9.17, 15) is 14.0 Å². The number of carbonyl (C=O) groups excluding carboxylic acids is 2. The third kappa shape index (κ3) is 4.52. The number of benzene rings is 1. The van der Waals surface area contributed by atoms with E-state index in [1.807, 2.05) is 4.90 Å². The first kappa shape index (κ1) is 19.3. The Kier molecular flexibility index (Phi) is 5.42. The van der Waals surface area contributed by atoms with Gasteiger partial charge in [0.15, 0.2) is 5.82 Å². The van der Waals surface area contributed by atoms with Gasteiger partial charge >= 0.3 is 6.03 Å². The van der Waals surface area contributed by atoms with Crippen LogP contribution in [0.4, 0.5) is 15.0 Å². The number of urea groups is 1. The zero-order chi connectivity index (χ0) is 20.4. The highest BCUT2D eigenvalue weighted by molar-refractivity contribution is 5.88. The molecule has 0 bridgehead atoms. The van der Waals surface area contributed by atoms with Gasteiger partial charge in [0, 0.05) is 37.7 Å². The minimum absolute atomic E-state index is 0.0813. The zero-order valence-corrected chi connectivity index (χ0v) is 16.3. The molecule has 2 aromatic rings. The van der Waals surface area contributed by atoms with E-state index in [1.54, 1.807) is 24.1 Å². The number of likely N-dealkylation sites (tertiary alicyclic amines) is 1. The molecular weight excluding hydrogens is 373 g/mol. The van der Waals surface area contributed by atoms with E-state index >= 15 is 0 Å². The normalized spacial score (nSPS) is 17.1. The average molecular weight is 397 g/mol. The van der Waals surface area contributed by atoms with E-state index in [0.717, 1.165) is 25.7 Å². The number of nitrogens with zero attached hydrogens (tertiary/aromatic N) is 4. The summed E-state index contributed by atoms with van der Waals surface area (Å²) in [5.74, 6) is 0.502. The molecule has 2 aliphatic rings. The summed E-state index contributed by atoms with van der Waals surface area (Å²) in [7, 11) is 1.76. The van der Waals surface area contributed by atoms with Gasteiger partial charge in [-0.3, -0.25) is 15.1 Å². The quantitative estimate of drug-likeness (QED) is 0.860. The number of rotatable bonds is 4. The highest BCUT2D eigenvalue weighted by Crippen LogP contribution is 2.32. The molecule has 1 saturated heterocycles. The number of halogens is 1. The molecule has 1 aromatic carbocycles. The van der Waals surface area contributed by atoms with Crippen LogP contribution >= 0.6 is 0 Å². The lowest BCUT2D eigenvalue weighted by Crippen LogP contribution is -2.48. The van der Waals surface area contributed by atoms with Gasteiger partial charge < -0.3 is 9.80 Å². The van der Waals surface area contributed by atoms with Crippen LogP contribution in [0.2, 0.25) is 0 Å². The maximum absolute atomic E-state index is 13.3. The number of anilines is 1. The molecule has 1 aliphatic heterocycles. The van der Waals surface area contributed by atoms with Gasteiger partial charge in [-0.25, -0.2) is 14.2 Å². The predicted molar refractivity (Wildman–Crippen MR) is 107 cm³/mol. The molecule has 3 amide bonds. The number of aromatic nitrogens is 2. The van der Waals surface area contributed by atoms with Crippen molar-refractivity contribution < 1.29 is 14.0 Å². The number of amides is 3. The van der Waals surface area contributed by atoms with E-state index in [-0.39, 0.29) is 29.7 Å². The minimum Gasteiger partial charge on any atom is -0.342 e. The maximum Gasteiger partial charge on any atom is 0.323 e. The van der Waals surface area contributed by atoms with E-state index in [2.05, 4.69) is 15.3 Å². The van der Waals surface area contributed by atoms with Gasteiger partial charge in [-0.1, -0.05) is 12.1 Å². The first-order valence-electron chi connectivity index (χ1n) is 9.92. The summed E-state index contributed by atoms with van der Waals surface area (Å²) in [5, 5.41) is 2.75. The van der Waals surface area contributed by atoms with Crippen LogP contribution < -0.4 is 5.32 Å².